The third kappa shape index (κ3) is 7.86. The summed E-state index contributed by atoms with van der Waals surface area (Å²) in [6.45, 7) is 1.70. The molecule has 2 fully saturated rings. The lowest BCUT2D eigenvalue weighted by molar-refractivity contribution is -0.276. The number of nitrogens with one attached hydrogen (secondary N) is 2. The van der Waals surface area contributed by atoms with Crippen molar-refractivity contribution in [1.82, 2.24) is 10.6 Å². The normalized spacial score (nSPS) is 37.4. The minimum atomic E-state index is -1.20. The molecule has 2 aliphatic rings. The summed E-state index contributed by atoms with van der Waals surface area (Å²) < 4.78 is 11.7. The largest absolute Gasteiger partial charge is 0.390 e. The molecule has 1 amide bonds. The van der Waals surface area contributed by atoms with Crippen molar-refractivity contribution >= 4 is 5.91 Å². The molecule has 1 aliphatic heterocycles. The van der Waals surface area contributed by atoms with Crippen LogP contribution in [0.2, 0.25) is 0 Å². The van der Waals surface area contributed by atoms with E-state index in [4.69, 9.17) is 26.7 Å². The quantitative estimate of drug-likeness (QED) is 0.138. The van der Waals surface area contributed by atoms with Crippen molar-refractivity contribution in [3.63, 3.8) is 0 Å². The molecule has 0 radical (unpaired) electrons. The van der Waals surface area contributed by atoms with E-state index in [0.717, 1.165) is 6.42 Å². The van der Waals surface area contributed by atoms with E-state index in [9.17, 15) is 25.2 Å². The summed E-state index contributed by atoms with van der Waals surface area (Å²) in [6, 6.07) is -1.02. The fourth-order valence-electron chi connectivity index (χ4n) is 3.98. The molecule has 6 unspecified atom stereocenters. The molecule has 0 aromatic rings. The van der Waals surface area contributed by atoms with Crippen molar-refractivity contribution in [3.05, 3.63) is 0 Å². The van der Waals surface area contributed by atoms with Crippen molar-refractivity contribution in [1.29, 1.82) is 0 Å². The van der Waals surface area contributed by atoms with Crippen LogP contribution < -0.4 is 27.8 Å². The summed E-state index contributed by atoms with van der Waals surface area (Å²) >= 11 is 0. The van der Waals surface area contributed by atoms with E-state index in [-0.39, 0.29) is 25.8 Å². The van der Waals surface area contributed by atoms with E-state index in [1.54, 1.807) is 0 Å². The lowest BCUT2D eigenvalue weighted by Crippen LogP contribution is -2.59. The summed E-state index contributed by atoms with van der Waals surface area (Å²) in [5.41, 5.74) is 17.0. The summed E-state index contributed by atoms with van der Waals surface area (Å²) in [4.78, 5) is 12.0. The molecule has 1 aliphatic carbocycles. The first-order valence-corrected chi connectivity index (χ1v) is 11.0. The molecule has 0 aromatic carbocycles. The summed E-state index contributed by atoms with van der Waals surface area (Å²) in [7, 11) is 0. The standard InChI is InChI=1S/C19H39N5O7/c20-3-1-5-23-9-15-17(28)13(26)8-16(30-15)31-18-11(22)6-10(7-14(18)27)24-19(29)12(25)2-4-21/h10-18,23,25-28H,1-9,20-22H2,(H,24,29)/t10?,11?,12?,13?,14?,15?,16-,17+,18-/m1/s1. The number of nitrogens with two attached hydrogens (primary N) is 3. The maximum Gasteiger partial charge on any atom is 0.249 e. The Morgan fingerprint density at radius 1 is 1.13 bits per heavy atom. The van der Waals surface area contributed by atoms with Crippen LogP contribution in [-0.2, 0) is 14.3 Å². The Morgan fingerprint density at radius 3 is 2.52 bits per heavy atom. The Morgan fingerprint density at radius 2 is 1.87 bits per heavy atom. The Balaban J connectivity index is 1.87. The second kappa shape index (κ2) is 12.9. The second-order valence-corrected chi connectivity index (χ2v) is 8.35. The van der Waals surface area contributed by atoms with Crippen LogP contribution in [0.1, 0.15) is 32.1 Å². The van der Waals surface area contributed by atoms with Gasteiger partial charge in [0.15, 0.2) is 6.29 Å². The molecular formula is C19H39N5O7. The molecule has 12 nitrogen and oxygen atoms in total. The van der Waals surface area contributed by atoms with Crippen molar-refractivity contribution in [2.75, 3.05) is 26.2 Å². The van der Waals surface area contributed by atoms with Gasteiger partial charge in [-0.2, -0.15) is 0 Å². The van der Waals surface area contributed by atoms with Gasteiger partial charge in [-0.3, -0.25) is 4.79 Å². The van der Waals surface area contributed by atoms with Gasteiger partial charge in [0.05, 0.1) is 12.2 Å². The fraction of sp³-hybridized carbons (Fsp3) is 0.947. The van der Waals surface area contributed by atoms with Crippen LogP contribution in [0.25, 0.3) is 0 Å². The van der Waals surface area contributed by atoms with Gasteiger partial charge in [0.1, 0.15) is 24.4 Å². The first kappa shape index (κ1) is 26.3. The molecule has 1 heterocycles. The van der Waals surface area contributed by atoms with Crippen LogP contribution in [0.15, 0.2) is 0 Å². The highest BCUT2D eigenvalue weighted by atomic mass is 16.7. The number of carbonyl (C=O) groups is 1. The molecule has 0 aromatic heterocycles. The average Bonchev–Trinajstić information content (AvgIpc) is 2.71. The Hall–Kier alpha value is -0.930. The lowest BCUT2D eigenvalue weighted by Gasteiger charge is -2.43. The molecule has 1 saturated heterocycles. The number of aliphatic hydroxyl groups excluding tert-OH is 4. The van der Waals surface area contributed by atoms with Gasteiger partial charge in [-0.1, -0.05) is 0 Å². The van der Waals surface area contributed by atoms with E-state index in [1.807, 2.05) is 0 Å². The molecule has 9 atom stereocenters. The number of carbonyl (C=O) groups excluding carboxylic acids is 1. The van der Waals surface area contributed by atoms with Crippen LogP contribution in [0.5, 0.6) is 0 Å². The highest BCUT2D eigenvalue weighted by Gasteiger charge is 2.42. The smallest absolute Gasteiger partial charge is 0.249 e. The molecule has 12 N–H and O–H groups in total. The number of rotatable bonds is 11. The minimum Gasteiger partial charge on any atom is -0.390 e. The monoisotopic (exact) mass is 449 g/mol. The number of hydrogen-bond donors (Lipinski definition) is 9. The summed E-state index contributed by atoms with van der Waals surface area (Å²) in [5.74, 6) is -0.549. The van der Waals surface area contributed by atoms with Crippen LogP contribution >= 0.6 is 0 Å². The van der Waals surface area contributed by atoms with E-state index in [2.05, 4.69) is 10.6 Å². The Kier molecular flexibility index (Phi) is 11.0. The van der Waals surface area contributed by atoms with E-state index >= 15 is 0 Å². The fourth-order valence-corrected chi connectivity index (χ4v) is 3.98. The highest BCUT2D eigenvalue weighted by molar-refractivity contribution is 5.80. The van der Waals surface area contributed by atoms with Crippen molar-refractivity contribution < 1.29 is 34.7 Å². The third-order valence-electron chi connectivity index (χ3n) is 5.72. The summed E-state index contributed by atoms with van der Waals surface area (Å²) in [5, 5.41) is 46.4. The lowest BCUT2D eigenvalue weighted by atomic mass is 9.86. The molecule has 0 spiro atoms. The topological polar surface area (TPSA) is 219 Å². The third-order valence-corrected chi connectivity index (χ3v) is 5.72. The maximum absolute atomic E-state index is 12.0. The van der Waals surface area contributed by atoms with Crippen LogP contribution in [-0.4, -0.2) is 108 Å². The molecule has 1 saturated carbocycles. The number of hydrogen-bond acceptors (Lipinski definition) is 11. The minimum absolute atomic E-state index is 0.0435. The van der Waals surface area contributed by atoms with Gasteiger partial charge in [0, 0.05) is 25.0 Å². The van der Waals surface area contributed by atoms with Gasteiger partial charge < -0.3 is 57.7 Å². The van der Waals surface area contributed by atoms with E-state index in [0.29, 0.717) is 26.1 Å². The second-order valence-electron chi connectivity index (χ2n) is 8.35. The average molecular weight is 450 g/mol. The van der Waals surface area contributed by atoms with Crippen molar-refractivity contribution in [2.45, 2.75) is 87.1 Å². The van der Waals surface area contributed by atoms with Gasteiger partial charge in [0.2, 0.25) is 5.91 Å². The molecule has 31 heavy (non-hydrogen) atoms. The predicted octanol–water partition coefficient (Wildman–Crippen LogP) is -4.18. The number of amides is 1. The SMILES string of the molecule is NCCCNCC1O[C@H](O[C@@H]2C(N)CC(NC(=O)C(O)CCN)CC2O)CC(O)[C@@H]1O. The van der Waals surface area contributed by atoms with Crippen molar-refractivity contribution in [3.8, 4) is 0 Å². The van der Waals surface area contributed by atoms with E-state index in [1.165, 1.54) is 0 Å². The zero-order valence-electron chi connectivity index (χ0n) is 17.8. The Bertz CT molecular complexity index is 534. The zero-order chi connectivity index (χ0) is 23.0. The first-order chi connectivity index (χ1) is 14.8. The predicted molar refractivity (Wildman–Crippen MR) is 112 cm³/mol. The molecule has 0 bridgehead atoms. The Labute approximate surface area is 182 Å². The molecule has 182 valence electrons. The van der Waals surface area contributed by atoms with Gasteiger partial charge in [-0.15, -0.1) is 0 Å². The van der Waals surface area contributed by atoms with Gasteiger partial charge in [-0.05, 0) is 45.3 Å². The van der Waals surface area contributed by atoms with Gasteiger partial charge in [-0.25, -0.2) is 0 Å². The number of ether oxygens (including phenoxy) is 2. The maximum atomic E-state index is 12.0. The van der Waals surface area contributed by atoms with E-state index < -0.39 is 60.9 Å². The van der Waals surface area contributed by atoms with Crippen molar-refractivity contribution in [2.24, 2.45) is 17.2 Å². The van der Waals surface area contributed by atoms with Crippen LogP contribution in [0, 0.1) is 0 Å². The van der Waals surface area contributed by atoms with Gasteiger partial charge >= 0.3 is 0 Å². The first-order valence-electron chi connectivity index (χ1n) is 11.0. The zero-order valence-corrected chi connectivity index (χ0v) is 17.8. The highest BCUT2D eigenvalue weighted by Crippen LogP contribution is 2.27. The van der Waals surface area contributed by atoms with Gasteiger partial charge in [0.25, 0.3) is 0 Å². The van der Waals surface area contributed by atoms with Crippen LogP contribution in [0.4, 0.5) is 0 Å². The molecule has 12 heteroatoms. The number of aliphatic hydroxyl groups is 4. The molecule has 2 rings (SSSR count). The summed E-state index contributed by atoms with van der Waals surface area (Å²) in [6.07, 6.45) is -5.07. The molecular weight excluding hydrogens is 410 g/mol. The van der Waals surface area contributed by atoms with Crippen LogP contribution in [0.3, 0.4) is 0 Å².